The third-order valence-corrected chi connectivity index (χ3v) is 6.84. The maximum absolute atomic E-state index is 13.1. The molecule has 1 atom stereocenters. The highest BCUT2D eigenvalue weighted by molar-refractivity contribution is 8.14. The van der Waals surface area contributed by atoms with E-state index in [2.05, 4.69) is 10.3 Å². The van der Waals surface area contributed by atoms with Crippen LogP contribution in [0, 0.1) is 5.92 Å². The topological polar surface area (TPSA) is 59.1 Å². The van der Waals surface area contributed by atoms with E-state index in [1.165, 1.54) is 11.8 Å². The Morgan fingerprint density at radius 2 is 1.59 bits per heavy atom. The molecule has 160 valence electrons. The fourth-order valence-corrected chi connectivity index (χ4v) is 4.84. The molecule has 4 rings (SSSR count). The molecule has 1 unspecified atom stereocenters. The van der Waals surface area contributed by atoms with Crippen LogP contribution in [-0.2, 0) is 11.2 Å². The highest BCUT2D eigenvalue weighted by Crippen LogP contribution is 2.24. The largest absolute Gasteiger partial charge is 0.326 e. The Kier molecular flexibility index (Phi) is 7.48. The van der Waals surface area contributed by atoms with Crippen molar-refractivity contribution in [3.05, 3.63) is 108 Å². The highest BCUT2D eigenvalue weighted by atomic mass is 32.2. The van der Waals surface area contributed by atoms with E-state index in [0.29, 0.717) is 17.7 Å². The zero-order valence-electron chi connectivity index (χ0n) is 17.3. The van der Waals surface area contributed by atoms with Gasteiger partial charge >= 0.3 is 0 Å². The average Bonchev–Trinajstić information content (AvgIpc) is 3.38. The van der Waals surface area contributed by atoms with Gasteiger partial charge in [-0.2, -0.15) is 0 Å². The summed E-state index contributed by atoms with van der Waals surface area (Å²) >= 11 is 2.77. The summed E-state index contributed by atoms with van der Waals surface area (Å²) in [6.07, 6.45) is 2.34. The quantitative estimate of drug-likeness (QED) is 0.342. The molecule has 0 fully saturated rings. The summed E-state index contributed by atoms with van der Waals surface area (Å²) in [5.74, 6) is -0.0241. The maximum Gasteiger partial charge on any atom is 0.228 e. The van der Waals surface area contributed by atoms with Gasteiger partial charge < -0.3 is 5.32 Å². The number of carbonyl (C=O) groups excluding carboxylic acids is 2. The first-order valence-electron chi connectivity index (χ1n) is 10.3. The summed E-state index contributed by atoms with van der Waals surface area (Å²) < 4.78 is 0. The minimum absolute atomic E-state index is 0.0238. The summed E-state index contributed by atoms with van der Waals surface area (Å²) in [6.45, 7) is 0. The van der Waals surface area contributed by atoms with Gasteiger partial charge in [-0.3, -0.25) is 9.59 Å². The summed E-state index contributed by atoms with van der Waals surface area (Å²) in [7, 11) is 0. The van der Waals surface area contributed by atoms with Gasteiger partial charge in [0.2, 0.25) is 11.0 Å². The molecular formula is C26H22N2O2S2. The molecule has 0 aliphatic carbocycles. The first kappa shape index (κ1) is 22.0. The van der Waals surface area contributed by atoms with E-state index < -0.39 is 0 Å². The zero-order valence-corrected chi connectivity index (χ0v) is 18.9. The third-order valence-electron chi connectivity index (χ3n) is 4.95. The van der Waals surface area contributed by atoms with Crippen molar-refractivity contribution in [1.82, 2.24) is 4.98 Å². The Morgan fingerprint density at radius 3 is 2.25 bits per heavy atom. The molecule has 3 aromatic carbocycles. The van der Waals surface area contributed by atoms with Crippen LogP contribution >= 0.6 is 23.1 Å². The van der Waals surface area contributed by atoms with Crippen LogP contribution < -0.4 is 5.32 Å². The Labute approximate surface area is 195 Å². The number of thioether (sulfide) groups is 1. The number of nitrogens with zero attached hydrogens (tertiary/aromatic N) is 1. The minimum atomic E-state index is -0.339. The summed E-state index contributed by atoms with van der Waals surface area (Å²) in [6, 6.07) is 26.7. The molecule has 0 aliphatic heterocycles. The lowest BCUT2D eigenvalue weighted by Crippen LogP contribution is -2.27. The number of anilines is 1. The van der Waals surface area contributed by atoms with Gasteiger partial charge in [0.15, 0.2) is 0 Å². The number of rotatable bonds is 8. The second-order valence-electron chi connectivity index (χ2n) is 7.25. The molecule has 6 heteroatoms. The predicted molar refractivity (Wildman–Crippen MR) is 133 cm³/mol. The minimum Gasteiger partial charge on any atom is -0.326 e. The van der Waals surface area contributed by atoms with Gasteiger partial charge in [-0.05, 0) is 36.2 Å². The summed E-state index contributed by atoms with van der Waals surface area (Å²) in [4.78, 5) is 30.0. The van der Waals surface area contributed by atoms with Crippen molar-refractivity contribution in [2.75, 3.05) is 11.1 Å². The maximum atomic E-state index is 13.1. The van der Waals surface area contributed by atoms with Crippen molar-refractivity contribution in [1.29, 1.82) is 0 Å². The van der Waals surface area contributed by atoms with Crippen LogP contribution in [-0.4, -0.2) is 21.8 Å². The van der Waals surface area contributed by atoms with Crippen LogP contribution in [0.25, 0.3) is 10.6 Å². The number of benzene rings is 3. The standard InChI is InChI=1S/C26H22N2O2S2/c29-24(28-23-13-11-20(12-14-23)25-27-15-16-31-25)22(17-19-7-3-1-4-8-19)18-32-26(30)21-9-5-2-6-10-21/h1-16,22H,17-18H2,(H,28,29). The van der Waals surface area contributed by atoms with E-state index >= 15 is 0 Å². The molecule has 4 nitrogen and oxygen atoms in total. The van der Waals surface area contributed by atoms with Crippen LogP contribution in [0.5, 0.6) is 0 Å². The molecule has 1 N–H and O–H groups in total. The first-order chi connectivity index (χ1) is 15.7. The number of thiazole rings is 1. The van der Waals surface area contributed by atoms with Crippen LogP contribution in [0.1, 0.15) is 15.9 Å². The first-order valence-corrected chi connectivity index (χ1v) is 12.1. The lowest BCUT2D eigenvalue weighted by Gasteiger charge is -2.17. The third kappa shape index (κ3) is 5.93. The van der Waals surface area contributed by atoms with Crippen molar-refractivity contribution in [2.45, 2.75) is 6.42 Å². The number of aromatic nitrogens is 1. The SMILES string of the molecule is O=C(SCC(Cc1ccccc1)C(=O)Nc1ccc(-c2nccs2)cc1)c1ccccc1. The van der Waals surface area contributed by atoms with E-state index in [1.54, 1.807) is 29.7 Å². The summed E-state index contributed by atoms with van der Waals surface area (Å²) in [5.41, 5.74) is 3.46. The van der Waals surface area contributed by atoms with Crippen molar-refractivity contribution in [2.24, 2.45) is 5.92 Å². The molecule has 0 aliphatic rings. The average molecular weight is 459 g/mol. The van der Waals surface area contributed by atoms with E-state index in [9.17, 15) is 9.59 Å². The van der Waals surface area contributed by atoms with Gasteiger partial charge in [0.25, 0.3) is 0 Å². The van der Waals surface area contributed by atoms with Crippen LogP contribution in [0.4, 0.5) is 5.69 Å². The van der Waals surface area contributed by atoms with Crippen LogP contribution in [0.3, 0.4) is 0 Å². The zero-order chi connectivity index (χ0) is 22.2. The van der Waals surface area contributed by atoms with Crippen LogP contribution in [0.15, 0.2) is 96.5 Å². The normalized spacial score (nSPS) is 11.6. The smallest absolute Gasteiger partial charge is 0.228 e. The molecule has 4 aromatic rings. The molecule has 1 amide bonds. The van der Waals surface area contributed by atoms with Gasteiger partial charge in [0, 0.05) is 34.1 Å². The van der Waals surface area contributed by atoms with E-state index in [1.807, 2.05) is 78.2 Å². The Balaban J connectivity index is 1.44. The number of hydrogen-bond donors (Lipinski definition) is 1. The molecular weight excluding hydrogens is 436 g/mol. The van der Waals surface area contributed by atoms with Gasteiger partial charge in [0.05, 0.1) is 5.92 Å². The number of carbonyl (C=O) groups is 2. The number of nitrogens with one attached hydrogen (secondary N) is 1. The number of hydrogen-bond acceptors (Lipinski definition) is 5. The monoisotopic (exact) mass is 458 g/mol. The second-order valence-corrected chi connectivity index (χ2v) is 9.14. The molecule has 1 aromatic heterocycles. The molecule has 0 spiro atoms. The van der Waals surface area contributed by atoms with Crippen molar-refractivity contribution >= 4 is 39.8 Å². The predicted octanol–water partition coefficient (Wildman–Crippen LogP) is 6.18. The Morgan fingerprint density at radius 1 is 0.906 bits per heavy atom. The van der Waals surface area contributed by atoms with E-state index in [4.69, 9.17) is 0 Å². The van der Waals surface area contributed by atoms with Gasteiger partial charge in [0.1, 0.15) is 5.01 Å². The Bertz CT molecular complexity index is 1150. The van der Waals surface area contributed by atoms with Gasteiger partial charge in [-0.1, -0.05) is 72.4 Å². The molecule has 0 radical (unpaired) electrons. The molecule has 0 saturated carbocycles. The molecule has 1 heterocycles. The lowest BCUT2D eigenvalue weighted by molar-refractivity contribution is -0.119. The highest BCUT2D eigenvalue weighted by Gasteiger charge is 2.21. The number of amides is 1. The van der Waals surface area contributed by atoms with Crippen LogP contribution in [0.2, 0.25) is 0 Å². The molecule has 0 bridgehead atoms. The summed E-state index contributed by atoms with van der Waals surface area (Å²) in [5, 5.41) is 5.88. The van der Waals surface area contributed by atoms with E-state index in [0.717, 1.165) is 21.8 Å². The fraction of sp³-hybridized carbons (Fsp3) is 0.115. The van der Waals surface area contributed by atoms with Crippen molar-refractivity contribution in [3.63, 3.8) is 0 Å². The van der Waals surface area contributed by atoms with Gasteiger partial charge in [-0.15, -0.1) is 11.3 Å². The Hall–Kier alpha value is -3.22. The van der Waals surface area contributed by atoms with Crippen molar-refractivity contribution in [3.8, 4) is 10.6 Å². The van der Waals surface area contributed by atoms with Crippen molar-refractivity contribution < 1.29 is 9.59 Å². The van der Waals surface area contributed by atoms with Gasteiger partial charge in [-0.25, -0.2) is 4.98 Å². The second kappa shape index (κ2) is 10.9. The van der Waals surface area contributed by atoms with E-state index in [-0.39, 0.29) is 16.9 Å². The lowest BCUT2D eigenvalue weighted by atomic mass is 10.00. The molecule has 32 heavy (non-hydrogen) atoms. The molecule has 0 saturated heterocycles. The fourth-order valence-electron chi connectivity index (χ4n) is 3.27.